The Hall–Kier alpha value is -2.08. The highest BCUT2D eigenvalue weighted by Gasteiger charge is 2.22. The molecular formula is C21H31N3O3. The van der Waals surface area contributed by atoms with Crippen LogP contribution in [0.2, 0.25) is 0 Å². The molecule has 1 saturated heterocycles. The molecule has 1 aliphatic carbocycles. The minimum Gasteiger partial charge on any atom is -0.375 e. The van der Waals surface area contributed by atoms with Gasteiger partial charge in [0, 0.05) is 39.0 Å². The Morgan fingerprint density at radius 3 is 2.33 bits per heavy atom. The maximum Gasteiger partial charge on any atom is 0.321 e. The summed E-state index contributed by atoms with van der Waals surface area (Å²) in [6, 6.07) is 8.22. The normalized spacial score (nSPS) is 18.9. The molecule has 1 N–H and O–H groups in total. The van der Waals surface area contributed by atoms with Crippen molar-refractivity contribution in [2.24, 2.45) is 0 Å². The molecule has 6 nitrogen and oxygen atoms in total. The Balaban J connectivity index is 1.51. The Morgan fingerprint density at radius 1 is 0.963 bits per heavy atom. The van der Waals surface area contributed by atoms with Gasteiger partial charge in [0.15, 0.2) is 0 Å². The second kappa shape index (κ2) is 9.74. The van der Waals surface area contributed by atoms with Crippen molar-refractivity contribution in [3.8, 4) is 0 Å². The molecule has 3 rings (SSSR count). The highest BCUT2D eigenvalue weighted by Crippen LogP contribution is 2.33. The minimum atomic E-state index is -0.0959. The van der Waals surface area contributed by atoms with Crippen LogP contribution in [0.3, 0.4) is 0 Å². The van der Waals surface area contributed by atoms with Crippen LogP contribution in [0.4, 0.5) is 10.5 Å². The molecule has 1 saturated carbocycles. The van der Waals surface area contributed by atoms with E-state index in [4.69, 9.17) is 4.74 Å². The Kier molecular flexibility index (Phi) is 7.10. The largest absolute Gasteiger partial charge is 0.375 e. The van der Waals surface area contributed by atoms with Gasteiger partial charge in [0.25, 0.3) is 0 Å². The van der Waals surface area contributed by atoms with Gasteiger partial charge in [-0.25, -0.2) is 4.79 Å². The lowest BCUT2D eigenvalue weighted by Gasteiger charge is -2.23. The summed E-state index contributed by atoms with van der Waals surface area (Å²) in [5.74, 6) is 0.655. The zero-order valence-corrected chi connectivity index (χ0v) is 16.3. The van der Waals surface area contributed by atoms with Crippen molar-refractivity contribution >= 4 is 17.6 Å². The third-order valence-electron chi connectivity index (χ3n) is 5.64. The molecule has 0 aromatic heterocycles. The smallest absolute Gasteiger partial charge is 0.321 e. The predicted octanol–water partition coefficient (Wildman–Crippen LogP) is 3.45. The second-order valence-electron chi connectivity index (χ2n) is 7.54. The van der Waals surface area contributed by atoms with E-state index in [9.17, 15) is 9.59 Å². The molecule has 148 valence electrons. The van der Waals surface area contributed by atoms with Crippen LogP contribution in [-0.2, 0) is 9.53 Å². The highest BCUT2D eigenvalue weighted by molar-refractivity contribution is 5.89. The topological polar surface area (TPSA) is 61.9 Å². The second-order valence-corrected chi connectivity index (χ2v) is 7.54. The van der Waals surface area contributed by atoms with Crippen LogP contribution in [0.1, 0.15) is 50.0 Å². The number of nitrogens with one attached hydrogen (secondary N) is 1. The van der Waals surface area contributed by atoms with Gasteiger partial charge in [-0.15, -0.1) is 0 Å². The minimum absolute atomic E-state index is 0.0157. The quantitative estimate of drug-likeness (QED) is 0.879. The summed E-state index contributed by atoms with van der Waals surface area (Å²) in [5, 5.41) is 3.00. The molecule has 0 atom stereocenters. The van der Waals surface area contributed by atoms with E-state index in [1.54, 1.807) is 9.80 Å². The average molecular weight is 373 g/mol. The number of carbonyl (C=O) groups excluding carboxylic acids is 2. The van der Waals surface area contributed by atoms with Gasteiger partial charge in [-0.3, -0.25) is 4.79 Å². The fourth-order valence-electron chi connectivity index (χ4n) is 4.06. The molecule has 1 aromatic rings. The van der Waals surface area contributed by atoms with Gasteiger partial charge in [-0.1, -0.05) is 31.4 Å². The van der Waals surface area contributed by atoms with Gasteiger partial charge >= 0.3 is 6.03 Å². The first-order valence-corrected chi connectivity index (χ1v) is 10.1. The molecule has 0 bridgehead atoms. The Morgan fingerprint density at radius 2 is 1.63 bits per heavy atom. The van der Waals surface area contributed by atoms with E-state index in [0.717, 1.165) is 12.1 Å². The van der Waals surface area contributed by atoms with Crippen LogP contribution in [-0.4, -0.2) is 61.6 Å². The van der Waals surface area contributed by atoms with E-state index in [-0.39, 0.29) is 18.5 Å². The molecular weight excluding hydrogens is 342 g/mol. The molecule has 0 radical (unpaired) electrons. The molecule has 2 fully saturated rings. The Bertz CT molecular complexity index is 626. The fraction of sp³-hybridized carbons (Fsp3) is 0.619. The van der Waals surface area contributed by atoms with Crippen molar-refractivity contribution in [2.45, 2.75) is 44.4 Å². The first-order chi connectivity index (χ1) is 13.2. The molecule has 2 aliphatic rings. The standard InChI is InChI=1S/C21H31N3O3/c1-27-16-20(25)23-12-5-13-24(15-14-23)21(26)22-19-10-8-18(9-11-19)17-6-3-2-4-7-17/h8-11,17H,2-7,12-16H2,1H3,(H,22,26). The summed E-state index contributed by atoms with van der Waals surface area (Å²) < 4.78 is 4.92. The monoisotopic (exact) mass is 373 g/mol. The van der Waals surface area contributed by atoms with Crippen molar-refractivity contribution in [2.75, 3.05) is 45.2 Å². The molecule has 1 heterocycles. The van der Waals surface area contributed by atoms with Gasteiger partial charge in [-0.05, 0) is 42.9 Å². The van der Waals surface area contributed by atoms with Crippen molar-refractivity contribution in [3.63, 3.8) is 0 Å². The van der Waals surface area contributed by atoms with Crippen LogP contribution in [0, 0.1) is 0 Å². The lowest BCUT2D eigenvalue weighted by atomic mass is 9.84. The number of anilines is 1. The van der Waals surface area contributed by atoms with Gasteiger partial charge in [0.05, 0.1) is 0 Å². The van der Waals surface area contributed by atoms with E-state index in [0.29, 0.717) is 32.1 Å². The molecule has 1 aliphatic heterocycles. The van der Waals surface area contributed by atoms with Crippen molar-refractivity contribution in [1.29, 1.82) is 0 Å². The summed E-state index contributed by atoms with van der Waals surface area (Å²) in [6.45, 7) is 2.52. The van der Waals surface area contributed by atoms with Crippen LogP contribution in [0.25, 0.3) is 0 Å². The van der Waals surface area contributed by atoms with E-state index in [2.05, 4.69) is 17.4 Å². The fourth-order valence-corrected chi connectivity index (χ4v) is 4.06. The number of benzene rings is 1. The number of nitrogens with zero attached hydrogens (tertiary/aromatic N) is 2. The number of rotatable bonds is 4. The first-order valence-electron chi connectivity index (χ1n) is 10.1. The number of urea groups is 1. The summed E-state index contributed by atoms with van der Waals surface area (Å²) in [7, 11) is 1.52. The van der Waals surface area contributed by atoms with E-state index >= 15 is 0 Å². The van der Waals surface area contributed by atoms with Crippen LogP contribution >= 0.6 is 0 Å². The zero-order chi connectivity index (χ0) is 19.1. The van der Waals surface area contributed by atoms with Gasteiger partial charge < -0.3 is 19.9 Å². The van der Waals surface area contributed by atoms with Crippen LogP contribution in [0.5, 0.6) is 0 Å². The van der Waals surface area contributed by atoms with Gasteiger partial charge in [0.1, 0.15) is 6.61 Å². The summed E-state index contributed by atoms with van der Waals surface area (Å²) >= 11 is 0. The molecule has 3 amide bonds. The molecule has 0 spiro atoms. The third kappa shape index (κ3) is 5.45. The van der Waals surface area contributed by atoms with Crippen molar-refractivity contribution in [3.05, 3.63) is 29.8 Å². The van der Waals surface area contributed by atoms with Gasteiger partial charge in [0.2, 0.25) is 5.91 Å². The van der Waals surface area contributed by atoms with Crippen LogP contribution < -0.4 is 5.32 Å². The summed E-state index contributed by atoms with van der Waals surface area (Å²) in [6.07, 6.45) is 7.33. The number of carbonyl (C=O) groups is 2. The van der Waals surface area contributed by atoms with E-state index in [1.807, 2.05) is 12.1 Å². The maximum absolute atomic E-state index is 12.6. The summed E-state index contributed by atoms with van der Waals surface area (Å²) in [4.78, 5) is 28.1. The summed E-state index contributed by atoms with van der Waals surface area (Å²) in [5.41, 5.74) is 2.21. The highest BCUT2D eigenvalue weighted by atomic mass is 16.5. The molecule has 1 aromatic carbocycles. The molecule has 6 heteroatoms. The number of hydrogen-bond donors (Lipinski definition) is 1. The number of hydrogen-bond acceptors (Lipinski definition) is 3. The zero-order valence-electron chi connectivity index (χ0n) is 16.3. The molecule has 0 unspecified atom stereocenters. The van der Waals surface area contributed by atoms with Crippen molar-refractivity contribution < 1.29 is 14.3 Å². The van der Waals surface area contributed by atoms with Crippen molar-refractivity contribution in [1.82, 2.24) is 9.80 Å². The van der Waals surface area contributed by atoms with Crippen LogP contribution in [0.15, 0.2) is 24.3 Å². The van der Waals surface area contributed by atoms with Gasteiger partial charge in [-0.2, -0.15) is 0 Å². The van der Waals surface area contributed by atoms with E-state index in [1.165, 1.54) is 44.8 Å². The Labute approximate surface area is 161 Å². The maximum atomic E-state index is 12.6. The predicted molar refractivity (Wildman–Crippen MR) is 106 cm³/mol. The number of amides is 3. The molecule has 27 heavy (non-hydrogen) atoms. The lowest BCUT2D eigenvalue weighted by Crippen LogP contribution is -2.40. The SMILES string of the molecule is COCC(=O)N1CCCN(C(=O)Nc2ccc(C3CCCCC3)cc2)CC1. The lowest BCUT2D eigenvalue weighted by molar-refractivity contribution is -0.134. The average Bonchev–Trinajstić information content (AvgIpc) is 2.96. The first kappa shape index (κ1) is 19.7. The third-order valence-corrected chi connectivity index (χ3v) is 5.64. The number of ether oxygens (including phenoxy) is 1. The van der Waals surface area contributed by atoms with E-state index < -0.39 is 0 Å². The number of methoxy groups -OCH3 is 1.